The van der Waals surface area contributed by atoms with Gasteiger partial charge in [-0.1, -0.05) is 0 Å². The summed E-state index contributed by atoms with van der Waals surface area (Å²) >= 11 is 0. The Morgan fingerprint density at radius 3 is 2.35 bits per heavy atom. The number of alkyl halides is 2. The van der Waals surface area contributed by atoms with Crippen molar-refractivity contribution in [2.24, 2.45) is 5.73 Å². The van der Waals surface area contributed by atoms with E-state index in [0.717, 1.165) is 0 Å². The third-order valence-electron chi connectivity index (χ3n) is 3.37. The number of nitrogens with two attached hydrogens (primary N) is 1. The number of ether oxygens (including phenoxy) is 2. The molecule has 17 heavy (non-hydrogen) atoms. The third kappa shape index (κ3) is 1.65. The van der Waals surface area contributed by atoms with Crippen LogP contribution in [0.15, 0.2) is 18.2 Å². The molecule has 1 atom stereocenters. The van der Waals surface area contributed by atoms with E-state index < -0.39 is 11.3 Å². The molecule has 0 saturated heterocycles. The number of benzene rings is 1. The van der Waals surface area contributed by atoms with Crippen molar-refractivity contribution in [3.8, 4) is 11.5 Å². The van der Waals surface area contributed by atoms with Crippen LogP contribution in [0.5, 0.6) is 11.5 Å². The molecule has 94 valence electrons. The summed E-state index contributed by atoms with van der Waals surface area (Å²) in [6.45, 7) is -0.108. The Morgan fingerprint density at radius 1 is 1.29 bits per heavy atom. The van der Waals surface area contributed by atoms with Crippen LogP contribution in [-0.4, -0.2) is 26.7 Å². The van der Waals surface area contributed by atoms with Crippen LogP contribution in [0.1, 0.15) is 12.0 Å². The van der Waals surface area contributed by atoms with E-state index in [-0.39, 0.29) is 13.0 Å². The number of hydrogen-bond acceptors (Lipinski definition) is 3. The zero-order valence-electron chi connectivity index (χ0n) is 9.80. The van der Waals surface area contributed by atoms with Crippen LogP contribution in [0, 0.1) is 0 Å². The molecule has 0 bridgehead atoms. The summed E-state index contributed by atoms with van der Waals surface area (Å²) in [6.07, 6.45) is -0.236. The highest BCUT2D eigenvalue weighted by molar-refractivity contribution is 5.51. The van der Waals surface area contributed by atoms with Crippen LogP contribution >= 0.6 is 0 Å². The first-order chi connectivity index (χ1) is 8.00. The number of hydrogen-bond donors (Lipinski definition) is 1. The van der Waals surface area contributed by atoms with Crippen LogP contribution in [0.2, 0.25) is 0 Å². The average Bonchev–Trinajstić information content (AvgIpc) is 2.92. The Balaban J connectivity index is 2.50. The van der Waals surface area contributed by atoms with E-state index in [2.05, 4.69) is 0 Å². The second kappa shape index (κ2) is 3.84. The average molecular weight is 243 g/mol. The summed E-state index contributed by atoms with van der Waals surface area (Å²) in [5.74, 6) is -1.81. The van der Waals surface area contributed by atoms with Crippen LogP contribution < -0.4 is 15.2 Å². The monoisotopic (exact) mass is 243 g/mol. The van der Waals surface area contributed by atoms with Gasteiger partial charge < -0.3 is 15.2 Å². The molecule has 0 aliphatic heterocycles. The highest BCUT2D eigenvalue weighted by Crippen LogP contribution is 2.62. The van der Waals surface area contributed by atoms with Gasteiger partial charge in [0.1, 0.15) is 11.5 Å². The van der Waals surface area contributed by atoms with Crippen molar-refractivity contribution in [3.63, 3.8) is 0 Å². The summed E-state index contributed by atoms with van der Waals surface area (Å²) in [7, 11) is 2.95. The fourth-order valence-electron chi connectivity index (χ4n) is 2.15. The standard InChI is InChI=1S/C12H15F2NO2/c1-16-8-3-4-10(17-2)9(5-8)11(7-15)6-12(11,13)14/h3-5H,6-7,15H2,1-2H3. The smallest absolute Gasteiger partial charge is 0.260 e. The Morgan fingerprint density at radius 2 is 1.94 bits per heavy atom. The first-order valence-electron chi connectivity index (χ1n) is 5.31. The molecule has 1 aromatic rings. The lowest BCUT2D eigenvalue weighted by Crippen LogP contribution is -2.27. The van der Waals surface area contributed by atoms with Gasteiger partial charge in [-0.15, -0.1) is 0 Å². The van der Waals surface area contributed by atoms with E-state index >= 15 is 0 Å². The maximum absolute atomic E-state index is 13.5. The zero-order valence-corrected chi connectivity index (χ0v) is 9.80. The largest absolute Gasteiger partial charge is 0.497 e. The highest BCUT2D eigenvalue weighted by atomic mass is 19.3. The van der Waals surface area contributed by atoms with Crippen LogP contribution in [0.4, 0.5) is 8.78 Å². The van der Waals surface area contributed by atoms with E-state index in [0.29, 0.717) is 17.1 Å². The Bertz CT molecular complexity index is 437. The van der Waals surface area contributed by atoms with Crippen molar-refractivity contribution < 1.29 is 18.3 Å². The van der Waals surface area contributed by atoms with Crippen LogP contribution in [0.25, 0.3) is 0 Å². The van der Waals surface area contributed by atoms with Gasteiger partial charge in [0.15, 0.2) is 0 Å². The minimum Gasteiger partial charge on any atom is -0.497 e. The van der Waals surface area contributed by atoms with E-state index in [9.17, 15) is 8.78 Å². The second-order valence-corrected chi connectivity index (χ2v) is 4.23. The molecule has 1 aromatic carbocycles. The Labute approximate surface area is 98.5 Å². The molecule has 0 radical (unpaired) electrons. The van der Waals surface area contributed by atoms with Gasteiger partial charge in [0.05, 0.1) is 19.6 Å². The molecule has 5 heteroatoms. The summed E-state index contributed by atoms with van der Waals surface area (Å²) < 4.78 is 37.2. The van der Waals surface area contributed by atoms with Gasteiger partial charge in [-0.05, 0) is 18.2 Å². The normalized spacial score (nSPS) is 25.5. The van der Waals surface area contributed by atoms with Crippen molar-refractivity contribution in [1.82, 2.24) is 0 Å². The topological polar surface area (TPSA) is 44.5 Å². The number of methoxy groups -OCH3 is 2. The van der Waals surface area contributed by atoms with Crippen molar-refractivity contribution in [2.75, 3.05) is 20.8 Å². The Hall–Kier alpha value is -1.36. The molecule has 2 rings (SSSR count). The lowest BCUT2D eigenvalue weighted by molar-refractivity contribution is 0.0888. The van der Waals surface area contributed by atoms with E-state index in [1.165, 1.54) is 14.2 Å². The van der Waals surface area contributed by atoms with Crippen molar-refractivity contribution in [3.05, 3.63) is 23.8 Å². The van der Waals surface area contributed by atoms with Gasteiger partial charge in [-0.2, -0.15) is 0 Å². The van der Waals surface area contributed by atoms with E-state index in [1.807, 2.05) is 0 Å². The maximum Gasteiger partial charge on any atom is 0.260 e. The summed E-state index contributed by atoms with van der Waals surface area (Å²) in [4.78, 5) is 0. The van der Waals surface area contributed by atoms with Crippen molar-refractivity contribution in [2.45, 2.75) is 17.8 Å². The zero-order chi connectivity index (χ0) is 12.7. The first kappa shape index (κ1) is 12.1. The van der Waals surface area contributed by atoms with Gasteiger partial charge in [-0.25, -0.2) is 8.78 Å². The second-order valence-electron chi connectivity index (χ2n) is 4.23. The van der Waals surface area contributed by atoms with Gasteiger partial charge in [0.25, 0.3) is 5.92 Å². The molecule has 0 spiro atoms. The van der Waals surface area contributed by atoms with E-state index in [4.69, 9.17) is 15.2 Å². The summed E-state index contributed by atoms with van der Waals surface area (Å²) in [6, 6.07) is 4.87. The van der Waals surface area contributed by atoms with Gasteiger partial charge in [0, 0.05) is 18.5 Å². The van der Waals surface area contributed by atoms with Gasteiger partial charge >= 0.3 is 0 Å². The first-order valence-corrected chi connectivity index (χ1v) is 5.31. The van der Waals surface area contributed by atoms with Crippen molar-refractivity contribution >= 4 is 0 Å². The minimum atomic E-state index is -2.76. The number of halogens is 2. The summed E-state index contributed by atoms with van der Waals surface area (Å²) in [5.41, 5.74) is 4.64. The van der Waals surface area contributed by atoms with Gasteiger partial charge in [0.2, 0.25) is 0 Å². The molecule has 3 nitrogen and oxygen atoms in total. The van der Waals surface area contributed by atoms with E-state index in [1.54, 1.807) is 18.2 Å². The number of rotatable bonds is 4. The fourth-order valence-corrected chi connectivity index (χ4v) is 2.15. The minimum absolute atomic E-state index is 0.108. The predicted molar refractivity (Wildman–Crippen MR) is 59.8 cm³/mol. The maximum atomic E-state index is 13.5. The molecule has 1 aliphatic rings. The molecule has 1 aliphatic carbocycles. The molecule has 0 aromatic heterocycles. The highest BCUT2D eigenvalue weighted by Gasteiger charge is 2.72. The summed E-state index contributed by atoms with van der Waals surface area (Å²) in [5, 5.41) is 0. The lowest BCUT2D eigenvalue weighted by atomic mass is 9.94. The predicted octanol–water partition coefficient (Wildman–Crippen LogP) is 1.94. The fraction of sp³-hybridized carbons (Fsp3) is 0.500. The molecule has 2 N–H and O–H groups in total. The third-order valence-corrected chi connectivity index (χ3v) is 3.37. The Kier molecular flexibility index (Phi) is 2.73. The molecule has 1 fully saturated rings. The van der Waals surface area contributed by atoms with Gasteiger partial charge in [-0.3, -0.25) is 0 Å². The van der Waals surface area contributed by atoms with Crippen LogP contribution in [0.3, 0.4) is 0 Å². The quantitative estimate of drug-likeness (QED) is 0.879. The molecule has 1 unspecified atom stereocenters. The SMILES string of the molecule is COc1ccc(OC)c(C2(CN)CC2(F)F)c1. The molecular formula is C12H15F2NO2. The van der Waals surface area contributed by atoms with Crippen LogP contribution in [-0.2, 0) is 5.41 Å². The lowest BCUT2D eigenvalue weighted by Gasteiger charge is -2.18. The van der Waals surface area contributed by atoms with Crippen molar-refractivity contribution in [1.29, 1.82) is 0 Å². The molecule has 0 heterocycles. The molecule has 0 amide bonds. The molecular weight excluding hydrogens is 228 g/mol. The molecule has 1 saturated carbocycles.